The van der Waals surface area contributed by atoms with Gasteiger partial charge >= 0.3 is 51.5 Å². The molecule has 2 unspecified atom stereocenters. The lowest BCUT2D eigenvalue weighted by atomic mass is 9.90. The van der Waals surface area contributed by atoms with Crippen LogP contribution in [0.3, 0.4) is 0 Å². The highest BCUT2D eigenvalue weighted by Gasteiger charge is 2.57. The van der Waals surface area contributed by atoms with Gasteiger partial charge in [-0.05, 0) is 54.2 Å². The summed E-state index contributed by atoms with van der Waals surface area (Å²) in [6.07, 6.45) is -2.09. The maximum Gasteiger partial charge on any atom is 0.357 e. The number of fused-ring (bicyclic) bond motifs is 2. The first-order valence-corrected chi connectivity index (χ1v) is 25.7. The number of rotatable bonds is 10. The molecule has 2 bridgehead atoms. The van der Waals surface area contributed by atoms with Crippen molar-refractivity contribution in [3.8, 4) is 22.3 Å². The fourth-order valence-corrected chi connectivity index (χ4v) is 19.0. The molecule has 15 N–H and O–H groups in total. The van der Waals surface area contributed by atoms with E-state index < -0.39 is 164 Å². The molecule has 22 nitrogen and oxygen atoms in total. The Kier molecular flexibility index (Phi) is 10.1. The third-order valence-corrected chi connectivity index (χ3v) is 18.8. The molecule has 0 amide bonds. The number of carboxylic acid groups (broad SMARTS) is 1. The van der Waals surface area contributed by atoms with Crippen LogP contribution in [0.5, 0.6) is 0 Å². The minimum Gasteiger partial charge on any atom is -0.480 e. The zero-order valence-electron chi connectivity index (χ0n) is 26.4. The second-order valence-corrected chi connectivity index (χ2v) is 24.2. The van der Waals surface area contributed by atoms with Crippen LogP contribution in [-0.4, -0.2) is 75.8 Å². The second kappa shape index (κ2) is 12.6. The van der Waals surface area contributed by atoms with Gasteiger partial charge in [-0.2, -0.15) is 0 Å². The predicted molar refractivity (Wildman–Crippen MR) is 187 cm³/mol. The van der Waals surface area contributed by atoms with Crippen LogP contribution >= 0.6 is 52.7 Å². The molecule has 0 aliphatic carbocycles. The first-order valence-electron chi connectivity index (χ1n) is 14.1. The number of aryl methyl sites for hydroxylation is 2. The highest BCUT2D eigenvalue weighted by molar-refractivity contribution is 7.83. The predicted octanol–water partition coefficient (Wildman–Crippen LogP) is -3.45. The Morgan fingerprint density at radius 3 is 1.47 bits per heavy atom. The van der Waals surface area contributed by atoms with Crippen LogP contribution in [-0.2, 0) is 49.3 Å². The number of aliphatic carboxylic acids is 1. The second-order valence-electron chi connectivity index (χ2n) is 12.3. The van der Waals surface area contributed by atoms with E-state index in [1.165, 1.54) is 0 Å². The number of hydrogen-bond donors (Lipinski definition) is 14. The summed E-state index contributed by atoms with van der Waals surface area (Å²) in [7, 11) is -41.5. The van der Waals surface area contributed by atoms with Gasteiger partial charge in [0.15, 0.2) is 0 Å². The summed E-state index contributed by atoms with van der Waals surface area (Å²) < 4.78 is 93.9. The largest absolute Gasteiger partial charge is 0.480 e. The maximum absolute atomic E-state index is 14.9. The Balaban J connectivity index is 2.20. The summed E-state index contributed by atoms with van der Waals surface area (Å²) in [6, 6.07) is -0.505. The molecule has 3 aromatic carbocycles. The van der Waals surface area contributed by atoms with Gasteiger partial charge in [-0.1, -0.05) is 6.07 Å². The minimum absolute atomic E-state index is 0.429. The van der Waals surface area contributed by atoms with Crippen molar-refractivity contribution in [2.75, 3.05) is 0 Å². The minimum atomic E-state index is -6.33. The molecule has 0 spiro atoms. The van der Waals surface area contributed by atoms with Gasteiger partial charge in [0.1, 0.15) is 13.2 Å². The Labute approximate surface area is 296 Å². The molecule has 290 valence electrons. The lowest BCUT2D eigenvalue weighted by Crippen LogP contribution is -2.44. The zero-order valence-corrected chi connectivity index (χ0v) is 32.7. The van der Waals surface area contributed by atoms with E-state index in [0.717, 1.165) is 19.9 Å². The van der Waals surface area contributed by atoms with E-state index >= 15 is 0 Å². The van der Waals surface area contributed by atoms with Crippen LogP contribution < -0.4 is 48.2 Å². The third-order valence-electron chi connectivity index (χ3n) is 8.72. The van der Waals surface area contributed by atoms with Gasteiger partial charge in [-0.25, -0.2) is 0 Å². The van der Waals surface area contributed by atoms with E-state index in [0.29, 0.717) is 6.07 Å². The van der Waals surface area contributed by atoms with Crippen LogP contribution in [0.2, 0.25) is 0 Å². The average Bonchev–Trinajstić information content (AvgIpc) is 3.05. The lowest BCUT2D eigenvalue weighted by Gasteiger charge is -2.37. The first kappa shape index (κ1) is 42.4. The summed E-state index contributed by atoms with van der Waals surface area (Å²) >= 11 is 0. The SMILES string of the molecule is Cc1cc(-c2c3c4c(c(P(=O)(O)O)c2P(=O)(O)O)-c2c(C)cc(c(P(=O)(O)O)c2P(=O)(O)O)P4(=O)C3)c(P(=O)(O)O)c(P(=O)(O)O)c1CC(N)C(=O)O. The van der Waals surface area contributed by atoms with Gasteiger partial charge in [0, 0.05) is 33.5 Å². The van der Waals surface area contributed by atoms with E-state index in [-0.39, 0.29) is 0 Å². The van der Waals surface area contributed by atoms with Gasteiger partial charge in [-0.15, -0.1) is 0 Å². The number of hydrogen-bond acceptors (Lipinski definition) is 9. The fraction of sp³-hybridized carbons (Fsp3) is 0.208. The summed E-state index contributed by atoms with van der Waals surface area (Å²) in [5.41, 5.74) is -1.46. The molecule has 53 heavy (non-hydrogen) atoms. The molecule has 3 aliphatic rings. The number of nitrogens with two attached hydrogens (primary N) is 1. The highest BCUT2D eigenvalue weighted by atomic mass is 31.2. The van der Waals surface area contributed by atoms with E-state index in [2.05, 4.69) is 0 Å². The van der Waals surface area contributed by atoms with Crippen molar-refractivity contribution in [2.24, 2.45) is 5.73 Å². The Bertz CT molecular complexity index is 2560. The average molecular weight is 883 g/mol. The Morgan fingerprint density at radius 2 is 1.06 bits per heavy atom. The van der Waals surface area contributed by atoms with Crippen LogP contribution in [0.15, 0.2) is 12.1 Å². The smallest absolute Gasteiger partial charge is 0.357 e. The van der Waals surface area contributed by atoms with Crippen molar-refractivity contribution in [2.45, 2.75) is 32.5 Å². The summed E-state index contributed by atoms with van der Waals surface area (Å²) in [5.74, 6) is -1.73. The summed E-state index contributed by atoms with van der Waals surface area (Å²) in [4.78, 5) is 138. The van der Waals surface area contributed by atoms with E-state index in [1.54, 1.807) is 0 Å². The molecule has 6 rings (SSSR count). The van der Waals surface area contributed by atoms with Crippen LogP contribution in [0.1, 0.15) is 22.3 Å². The fourth-order valence-electron chi connectivity index (χ4n) is 6.95. The molecular formula is C24H28NO21P7. The molecule has 0 saturated heterocycles. The van der Waals surface area contributed by atoms with Crippen molar-refractivity contribution in [3.05, 3.63) is 34.4 Å². The van der Waals surface area contributed by atoms with Gasteiger partial charge in [0.2, 0.25) is 0 Å². The molecule has 0 saturated carbocycles. The third kappa shape index (κ3) is 6.78. The highest BCUT2D eigenvalue weighted by Crippen LogP contribution is 2.65. The van der Waals surface area contributed by atoms with Gasteiger partial charge in [0.25, 0.3) is 0 Å². The van der Waals surface area contributed by atoms with Crippen molar-refractivity contribution in [1.29, 1.82) is 0 Å². The van der Waals surface area contributed by atoms with E-state index in [4.69, 9.17) is 5.73 Å². The van der Waals surface area contributed by atoms with Crippen LogP contribution in [0.4, 0.5) is 0 Å². The van der Waals surface area contributed by atoms with E-state index in [1.807, 2.05) is 0 Å². The molecule has 0 aromatic heterocycles. The monoisotopic (exact) mass is 883 g/mol. The van der Waals surface area contributed by atoms with Crippen molar-refractivity contribution >= 4 is 101 Å². The summed E-state index contributed by atoms with van der Waals surface area (Å²) in [6.45, 7) is 2.03. The van der Waals surface area contributed by atoms with Crippen molar-refractivity contribution in [3.63, 3.8) is 0 Å². The number of benzene rings is 3. The standard InChI is InChI=1S/C24H28NO21P7/c1-7-3-10(19(49(32,33)34)18(48(29,30)31)9(7)5-12(25)24(26)27)15-11-6-47(28)13-4-8(2)14(21(51(38,39)40)20(13)50(35,36)37)16(17(11)47)23(53(44,45)46)22(15)52(41,42)43/h3-4,12H,5-6,25H2,1-2H3,(H,26,27)(H2,29,30,31)(H2,32,33,34)(H2,35,36,37)(H2,38,39,40)(H2,41,42,43)(H2,44,45,46). The summed E-state index contributed by atoms with van der Waals surface area (Å²) in [5, 5.41) is -2.39. The van der Waals surface area contributed by atoms with Gasteiger partial charge in [0.05, 0.1) is 31.8 Å². The molecule has 3 aliphatic heterocycles. The Hall–Kier alpha value is -1.78. The molecule has 29 heteroatoms. The molecule has 3 aromatic rings. The lowest BCUT2D eigenvalue weighted by molar-refractivity contribution is -0.138. The van der Waals surface area contributed by atoms with Crippen LogP contribution in [0, 0.1) is 13.8 Å². The molecule has 3 heterocycles. The topological polar surface area (TPSA) is 426 Å². The molecule has 2 atom stereocenters. The maximum atomic E-state index is 14.9. The first-order chi connectivity index (χ1) is 23.6. The van der Waals surface area contributed by atoms with E-state index in [9.17, 15) is 101 Å². The Morgan fingerprint density at radius 1 is 0.642 bits per heavy atom. The quantitative estimate of drug-likeness (QED) is 0.0880. The van der Waals surface area contributed by atoms with Crippen LogP contribution in [0.25, 0.3) is 22.3 Å². The number of carboxylic acids is 1. The normalized spacial score (nSPS) is 18.0. The molecule has 0 fully saturated rings. The van der Waals surface area contributed by atoms with Crippen molar-refractivity contribution < 1.29 is 101 Å². The van der Waals surface area contributed by atoms with Crippen molar-refractivity contribution in [1.82, 2.24) is 0 Å². The zero-order chi connectivity index (χ0) is 40.7. The molecular weight excluding hydrogens is 855 g/mol. The molecule has 0 radical (unpaired) electrons. The van der Waals surface area contributed by atoms with Gasteiger partial charge < -0.3 is 74.1 Å². The number of carbonyl (C=O) groups is 1. The van der Waals surface area contributed by atoms with Gasteiger partial charge in [-0.3, -0.25) is 32.2 Å².